The summed E-state index contributed by atoms with van der Waals surface area (Å²) < 4.78 is 11.6. The summed E-state index contributed by atoms with van der Waals surface area (Å²) in [4.78, 5) is 40.6. The fourth-order valence-electron chi connectivity index (χ4n) is 4.71. The van der Waals surface area contributed by atoms with Crippen molar-refractivity contribution in [3.05, 3.63) is 66.2 Å². The molecule has 0 atom stereocenters. The van der Waals surface area contributed by atoms with Crippen LogP contribution in [0.25, 0.3) is 21.9 Å². The molecule has 2 amide bonds. The molecular formula is C30H29ClN2O5. The molecule has 0 spiro atoms. The minimum atomic E-state index is -0.657. The first-order valence-corrected chi connectivity index (χ1v) is 12.9. The molecule has 0 saturated carbocycles. The van der Waals surface area contributed by atoms with Crippen molar-refractivity contribution in [1.29, 1.82) is 0 Å². The Balaban J connectivity index is 1.50. The normalized spacial score (nSPS) is 15.5. The molecular weight excluding hydrogens is 504 g/mol. The Bertz CT molecular complexity index is 1470. The third kappa shape index (κ3) is 4.86. The molecule has 0 aliphatic carbocycles. The zero-order valence-corrected chi connectivity index (χ0v) is 22.4. The maximum atomic E-state index is 12.8. The average molecular weight is 533 g/mol. The van der Waals surface area contributed by atoms with Crippen LogP contribution in [0.4, 0.5) is 5.69 Å². The SMILES string of the molecule is C=CC(=O)N1CC(CN2C(=O)COc3cc(-c4cc(OC(=O)C(C)(C)C)cc5ccccc45)c(Cl)cc32)C1. The molecule has 3 aromatic carbocycles. The lowest BCUT2D eigenvalue weighted by molar-refractivity contribution is -0.143. The van der Waals surface area contributed by atoms with E-state index in [-0.39, 0.29) is 30.3 Å². The van der Waals surface area contributed by atoms with Crippen molar-refractivity contribution in [3.8, 4) is 22.6 Å². The molecule has 1 fully saturated rings. The lowest BCUT2D eigenvalue weighted by atomic mass is 9.95. The number of ether oxygens (including phenoxy) is 2. The van der Waals surface area contributed by atoms with Gasteiger partial charge in [0.2, 0.25) is 5.91 Å². The van der Waals surface area contributed by atoms with Crippen molar-refractivity contribution < 1.29 is 23.9 Å². The van der Waals surface area contributed by atoms with E-state index >= 15 is 0 Å². The fraction of sp³-hybridized carbons (Fsp3) is 0.300. The van der Waals surface area contributed by atoms with Gasteiger partial charge in [-0.15, -0.1) is 0 Å². The minimum Gasteiger partial charge on any atom is -0.482 e. The van der Waals surface area contributed by atoms with Crippen LogP contribution in [0.1, 0.15) is 20.8 Å². The molecule has 196 valence electrons. The van der Waals surface area contributed by atoms with Crippen LogP contribution < -0.4 is 14.4 Å². The highest BCUT2D eigenvalue weighted by molar-refractivity contribution is 6.34. The van der Waals surface area contributed by atoms with Gasteiger partial charge in [0.1, 0.15) is 11.5 Å². The van der Waals surface area contributed by atoms with Crippen molar-refractivity contribution >= 4 is 45.8 Å². The highest BCUT2D eigenvalue weighted by Crippen LogP contribution is 2.44. The van der Waals surface area contributed by atoms with E-state index in [2.05, 4.69) is 6.58 Å². The van der Waals surface area contributed by atoms with E-state index in [4.69, 9.17) is 21.1 Å². The molecule has 2 aliphatic rings. The molecule has 0 unspecified atom stereocenters. The Morgan fingerprint density at radius 2 is 1.87 bits per heavy atom. The highest BCUT2D eigenvalue weighted by atomic mass is 35.5. The molecule has 0 radical (unpaired) electrons. The average Bonchev–Trinajstić information content (AvgIpc) is 2.85. The smallest absolute Gasteiger partial charge is 0.316 e. The van der Waals surface area contributed by atoms with Gasteiger partial charge in [-0.1, -0.05) is 42.4 Å². The molecule has 0 aromatic heterocycles. The van der Waals surface area contributed by atoms with Crippen LogP contribution in [0.5, 0.6) is 11.5 Å². The largest absolute Gasteiger partial charge is 0.482 e. The molecule has 0 N–H and O–H groups in total. The van der Waals surface area contributed by atoms with E-state index in [0.717, 1.165) is 16.3 Å². The lowest BCUT2D eigenvalue weighted by Gasteiger charge is -2.42. The van der Waals surface area contributed by atoms with Crippen LogP contribution in [0.15, 0.2) is 61.2 Å². The monoisotopic (exact) mass is 532 g/mol. The molecule has 0 bridgehead atoms. The number of esters is 1. The van der Waals surface area contributed by atoms with Crippen molar-refractivity contribution in [3.63, 3.8) is 0 Å². The Morgan fingerprint density at radius 1 is 1.13 bits per heavy atom. The van der Waals surface area contributed by atoms with Gasteiger partial charge < -0.3 is 19.3 Å². The van der Waals surface area contributed by atoms with E-state index in [9.17, 15) is 14.4 Å². The van der Waals surface area contributed by atoms with Gasteiger partial charge >= 0.3 is 5.97 Å². The molecule has 5 rings (SSSR count). The second-order valence-electron chi connectivity index (χ2n) is 10.7. The zero-order chi connectivity index (χ0) is 27.2. The second kappa shape index (κ2) is 9.80. The standard InChI is InChI=1S/C30H29ClN2O5/c1-5-27(34)32-14-18(15-32)16-33-25-13-24(31)23(12-26(25)37-17-28(33)35)22-11-20(38-29(36)30(2,3)4)10-19-8-6-7-9-21(19)22/h5-13,18H,1,14-17H2,2-4H3. The molecule has 38 heavy (non-hydrogen) atoms. The third-order valence-electron chi connectivity index (χ3n) is 6.82. The van der Waals surface area contributed by atoms with Gasteiger partial charge in [0.05, 0.1) is 16.1 Å². The van der Waals surface area contributed by atoms with E-state index in [1.165, 1.54) is 6.08 Å². The number of carbonyl (C=O) groups excluding carboxylic acids is 3. The lowest BCUT2D eigenvalue weighted by Crippen LogP contribution is -2.55. The molecule has 8 heteroatoms. The Labute approximate surface area is 226 Å². The zero-order valence-electron chi connectivity index (χ0n) is 21.6. The van der Waals surface area contributed by atoms with Crippen LogP contribution >= 0.6 is 11.6 Å². The summed E-state index contributed by atoms with van der Waals surface area (Å²) in [5.41, 5.74) is 1.44. The summed E-state index contributed by atoms with van der Waals surface area (Å²) in [5.74, 6) is 0.529. The summed E-state index contributed by atoms with van der Waals surface area (Å²) in [5, 5.41) is 2.28. The van der Waals surface area contributed by atoms with Crippen LogP contribution in [0.2, 0.25) is 5.02 Å². The Morgan fingerprint density at radius 3 is 2.58 bits per heavy atom. The number of hydrogen-bond donors (Lipinski definition) is 0. The molecule has 7 nitrogen and oxygen atoms in total. The number of rotatable bonds is 5. The first-order valence-electron chi connectivity index (χ1n) is 12.5. The van der Waals surface area contributed by atoms with E-state index < -0.39 is 5.41 Å². The number of fused-ring (bicyclic) bond motifs is 2. The van der Waals surface area contributed by atoms with E-state index in [1.54, 1.807) is 36.6 Å². The van der Waals surface area contributed by atoms with Gasteiger partial charge in [-0.3, -0.25) is 14.4 Å². The van der Waals surface area contributed by atoms with Gasteiger partial charge in [-0.2, -0.15) is 0 Å². The number of benzene rings is 3. The number of anilines is 1. The van der Waals surface area contributed by atoms with Crippen molar-refractivity contribution in [2.24, 2.45) is 11.3 Å². The highest BCUT2D eigenvalue weighted by Gasteiger charge is 2.35. The molecule has 3 aromatic rings. The summed E-state index contributed by atoms with van der Waals surface area (Å²) in [6, 6.07) is 15.0. The number of hydrogen-bond acceptors (Lipinski definition) is 5. The predicted molar refractivity (Wildman–Crippen MR) is 148 cm³/mol. The summed E-state index contributed by atoms with van der Waals surface area (Å²) >= 11 is 6.84. The van der Waals surface area contributed by atoms with E-state index in [0.29, 0.717) is 47.4 Å². The van der Waals surface area contributed by atoms with Gasteiger partial charge in [-0.25, -0.2) is 0 Å². The number of halogens is 1. The predicted octanol–water partition coefficient (Wildman–Crippen LogP) is 5.48. The van der Waals surface area contributed by atoms with Gasteiger partial charge in [0.15, 0.2) is 6.61 Å². The van der Waals surface area contributed by atoms with Gasteiger partial charge in [0, 0.05) is 31.1 Å². The van der Waals surface area contributed by atoms with Crippen molar-refractivity contribution in [1.82, 2.24) is 4.90 Å². The molecule has 2 aliphatic heterocycles. The maximum absolute atomic E-state index is 12.8. The first-order chi connectivity index (χ1) is 18.0. The first kappa shape index (κ1) is 25.8. The summed E-state index contributed by atoms with van der Waals surface area (Å²) in [7, 11) is 0. The van der Waals surface area contributed by atoms with Crippen LogP contribution in [0, 0.1) is 11.3 Å². The Hall–Kier alpha value is -3.84. The second-order valence-corrected chi connectivity index (χ2v) is 11.1. The van der Waals surface area contributed by atoms with Crippen LogP contribution in [0.3, 0.4) is 0 Å². The third-order valence-corrected chi connectivity index (χ3v) is 7.14. The van der Waals surface area contributed by atoms with Gasteiger partial charge in [0.25, 0.3) is 5.91 Å². The molecule has 1 saturated heterocycles. The van der Waals surface area contributed by atoms with Crippen LogP contribution in [-0.2, 0) is 14.4 Å². The van der Waals surface area contributed by atoms with Crippen LogP contribution in [-0.4, -0.2) is 48.9 Å². The molecule has 2 heterocycles. The minimum absolute atomic E-state index is 0.0833. The van der Waals surface area contributed by atoms with Crippen molar-refractivity contribution in [2.45, 2.75) is 20.8 Å². The van der Waals surface area contributed by atoms with Gasteiger partial charge in [-0.05, 0) is 67.4 Å². The summed E-state index contributed by atoms with van der Waals surface area (Å²) in [6.07, 6.45) is 1.30. The fourth-order valence-corrected chi connectivity index (χ4v) is 4.97. The Kier molecular flexibility index (Phi) is 6.65. The van der Waals surface area contributed by atoms with Crippen molar-refractivity contribution in [2.75, 3.05) is 31.1 Å². The number of carbonyl (C=O) groups is 3. The number of amides is 2. The quantitative estimate of drug-likeness (QED) is 0.247. The summed E-state index contributed by atoms with van der Waals surface area (Å²) in [6.45, 7) is 10.5. The van der Waals surface area contributed by atoms with E-state index in [1.807, 2.05) is 42.5 Å². The maximum Gasteiger partial charge on any atom is 0.316 e. The number of likely N-dealkylation sites (tertiary alicyclic amines) is 1. The topological polar surface area (TPSA) is 76.2 Å². The number of nitrogens with zero attached hydrogens (tertiary/aromatic N) is 2.